The number of carbonyl (C=O) groups is 3. The van der Waals surface area contributed by atoms with E-state index in [0.717, 1.165) is 7.11 Å². The van der Waals surface area contributed by atoms with Crippen molar-refractivity contribution in [2.24, 2.45) is 17.8 Å². The van der Waals surface area contributed by atoms with E-state index in [-0.39, 0.29) is 31.6 Å². The van der Waals surface area contributed by atoms with Crippen molar-refractivity contribution in [2.75, 3.05) is 27.3 Å². The summed E-state index contributed by atoms with van der Waals surface area (Å²) in [6.45, 7) is 5.00. The highest BCUT2D eigenvalue weighted by molar-refractivity contribution is 5.85. The molecule has 0 amide bonds. The standard InChI is InChI=1S/C55H87NO22/c1-31-19-17-15-13-11-9-7-8-10-12-14-16-18-20-38(77-54-52(71)47(49(68)34(4)76-54)56(5)29-42(64)50(69)51(70)43(65)30-57)26-44-46(53(72)74-6)41(63)28-55(73,78-44)27-37(60)24-40(62)39(61)22-21-35(58)23-36(59)25-45(66)75-33(3)32(2)48(31)67/h7-20,31-41,43-44,46-52,54,57-63,65,67-71,73H,21-30H2,1-6H3/t31-,32-,33-,34+,35+,36-,37-,38-,39+,40+,41-,43+,44-,46+,47-,48+,49+,50+,51+,52-,54-,55+/m0/s1. The van der Waals surface area contributed by atoms with Gasteiger partial charge in [0.15, 0.2) is 17.9 Å². The second kappa shape index (κ2) is 33.7. The van der Waals surface area contributed by atoms with Crippen LogP contribution in [0.2, 0.25) is 0 Å². The van der Waals surface area contributed by atoms with Crippen molar-refractivity contribution >= 4 is 17.7 Å². The molecule has 22 atom stereocenters. The van der Waals surface area contributed by atoms with Crippen molar-refractivity contribution in [1.82, 2.24) is 4.90 Å². The Bertz CT molecular complexity index is 2030. The van der Waals surface area contributed by atoms with Gasteiger partial charge in [-0.25, -0.2) is 0 Å². The normalized spacial score (nSPS) is 38.3. The molecule has 78 heavy (non-hydrogen) atoms. The molecule has 0 saturated carbocycles. The Labute approximate surface area is 456 Å². The Balaban J connectivity index is 1.97. The first-order valence-electron chi connectivity index (χ1n) is 26.4. The number of ketones is 1. The fraction of sp³-hybridized carbons (Fsp3) is 0.691. The van der Waals surface area contributed by atoms with Crippen LogP contribution in [0.4, 0.5) is 0 Å². The van der Waals surface area contributed by atoms with Crippen molar-refractivity contribution in [3.05, 3.63) is 85.1 Å². The lowest BCUT2D eigenvalue weighted by Gasteiger charge is -2.47. The zero-order valence-corrected chi connectivity index (χ0v) is 45.3. The Hall–Kier alpha value is -3.93. The molecule has 14 N–H and O–H groups in total. The van der Waals surface area contributed by atoms with Gasteiger partial charge in [-0.1, -0.05) is 98.9 Å². The number of likely N-dealkylation sites (N-methyl/N-ethyl adjacent to an activating group) is 1. The summed E-state index contributed by atoms with van der Waals surface area (Å²) in [6, 6.07) is -1.33. The molecule has 3 heterocycles. The molecule has 444 valence electrons. The quantitative estimate of drug-likeness (QED) is 0.110. The third kappa shape index (κ3) is 21.9. The van der Waals surface area contributed by atoms with Crippen molar-refractivity contribution in [2.45, 2.75) is 195 Å². The number of allylic oxidation sites excluding steroid dienone is 12. The number of esters is 2. The molecule has 3 rings (SSSR count). The molecule has 2 fully saturated rings. The first-order valence-corrected chi connectivity index (χ1v) is 26.4. The molecule has 2 saturated heterocycles. The predicted octanol–water partition coefficient (Wildman–Crippen LogP) is -1.58. The van der Waals surface area contributed by atoms with E-state index in [9.17, 15) is 85.9 Å². The molecule has 0 aromatic heterocycles. The topological polar surface area (TPSA) is 384 Å². The molecule has 23 nitrogen and oxygen atoms in total. The van der Waals surface area contributed by atoms with Crippen LogP contribution in [0.5, 0.6) is 0 Å². The summed E-state index contributed by atoms with van der Waals surface area (Å²) in [5.74, 6) is -7.36. The second-order valence-corrected chi connectivity index (χ2v) is 20.7. The minimum absolute atomic E-state index is 0.138. The maximum absolute atomic E-state index is 13.3. The van der Waals surface area contributed by atoms with Gasteiger partial charge in [-0.15, -0.1) is 0 Å². The minimum atomic E-state index is -2.38. The van der Waals surface area contributed by atoms with E-state index in [4.69, 9.17) is 23.7 Å². The number of rotatable bonds is 10. The van der Waals surface area contributed by atoms with E-state index in [1.54, 1.807) is 92.8 Å². The van der Waals surface area contributed by atoms with Gasteiger partial charge < -0.3 is 95.2 Å². The monoisotopic (exact) mass is 1110 g/mol. The Morgan fingerprint density at radius 2 is 1.28 bits per heavy atom. The van der Waals surface area contributed by atoms with Gasteiger partial charge in [0.2, 0.25) is 0 Å². The van der Waals surface area contributed by atoms with Crippen LogP contribution in [-0.4, -0.2) is 237 Å². The number of ether oxygens (including phenoxy) is 5. The zero-order valence-electron chi connectivity index (χ0n) is 45.3. The number of aliphatic hydroxyl groups is 14. The zero-order chi connectivity index (χ0) is 58.4. The molecule has 23 heteroatoms. The van der Waals surface area contributed by atoms with Crippen LogP contribution >= 0.6 is 0 Å². The van der Waals surface area contributed by atoms with Gasteiger partial charge in [0.25, 0.3) is 0 Å². The largest absolute Gasteiger partial charge is 0.469 e. The van der Waals surface area contributed by atoms with E-state index >= 15 is 0 Å². The van der Waals surface area contributed by atoms with E-state index < -0.39 is 184 Å². The fourth-order valence-corrected chi connectivity index (χ4v) is 9.51. The average Bonchev–Trinajstić information content (AvgIpc) is 3.37. The fourth-order valence-electron chi connectivity index (χ4n) is 9.51. The Morgan fingerprint density at radius 3 is 1.86 bits per heavy atom. The summed E-state index contributed by atoms with van der Waals surface area (Å²) in [7, 11) is 2.40. The summed E-state index contributed by atoms with van der Waals surface area (Å²) in [4.78, 5) is 40.1. The van der Waals surface area contributed by atoms with E-state index in [1.165, 1.54) is 24.9 Å². The number of hydrogen-bond donors (Lipinski definition) is 14. The second-order valence-electron chi connectivity index (χ2n) is 20.7. The van der Waals surface area contributed by atoms with Crippen LogP contribution in [0.25, 0.3) is 0 Å². The molecule has 0 unspecified atom stereocenters. The van der Waals surface area contributed by atoms with Crippen LogP contribution in [0.3, 0.4) is 0 Å². The Morgan fingerprint density at radius 1 is 0.705 bits per heavy atom. The maximum Gasteiger partial charge on any atom is 0.313 e. The van der Waals surface area contributed by atoms with Crippen LogP contribution in [0, 0.1) is 17.8 Å². The SMILES string of the molecule is COC(=O)[C@H]1[C@@H]2C[C@@H](O[C@@H]3O[C@H](C)[C@@H](O)[C@H](N(C)CC(=O)[C@@H](O)[C@H](O)[C@H](O)CO)[C@@H]3O)C=CC=CC=CC=CC=CC=CC=C[C@H](C)[C@@H](O)[C@@H](C)[C@H](C)OC(=O)C[C@@H](O)C[C@H](O)CC[C@@H](O)[C@H](O)C[C@H](O)C[C@](O)(C[C@@H]1O)O2. The highest BCUT2D eigenvalue weighted by Crippen LogP contribution is 2.39. The molecule has 0 radical (unpaired) electrons. The smallest absolute Gasteiger partial charge is 0.313 e. The first-order chi connectivity index (χ1) is 36.7. The number of hydrogen-bond acceptors (Lipinski definition) is 23. The molecule has 3 aliphatic rings. The number of methoxy groups -OCH3 is 1. The number of aliphatic hydroxyl groups excluding tert-OH is 13. The molecule has 2 bridgehead atoms. The number of nitrogens with zero attached hydrogens (tertiary/aromatic N) is 1. The van der Waals surface area contributed by atoms with E-state index in [1.807, 2.05) is 6.92 Å². The van der Waals surface area contributed by atoms with Crippen LogP contribution in [0.15, 0.2) is 85.1 Å². The third-order valence-corrected chi connectivity index (χ3v) is 14.3. The molecule has 3 aliphatic heterocycles. The van der Waals surface area contributed by atoms with Gasteiger partial charge in [-0.2, -0.15) is 0 Å². The molecule has 0 aromatic rings. The lowest BCUT2D eigenvalue weighted by Crippen LogP contribution is -2.64. The minimum Gasteiger partial charge on any atom is -0.469 e. The summed E-state index contributed by atoms with van der Waals surface area (Å²) in [6.07, 6.45) is -4.51. The van der Waals surface area contributed by atoms with Gasteiger partial charge in [-0.3, -0.25) is 19.3 Å². The van der Waals surface area contributed by atoms with Crippen molar-refractivity contribution < 1.29 is 110 Å². The summed E-state index contributed by atoms with van der Waals surface area (Å²) >= 11 is 0. The summed E-state index contributed by atoms with van der Waals surface area (Å²) < 4.78 is 28.8. The van der Waals surface area contributed by atoms with Gasteiger partial charge in [0.1, 0.15) is 36.4 Å². The lowest BCUT2D eigenvalue weighted by atomic mass is 9.82. The summed E-state index contributed by atoms with van der Waals surface area (Å²) in [5, 5.41) is 151. The molecule has 0 aliphatic carbocycles. The van der Waals surface area contributed by atoms with Gasteiger partial charge in [-0.05, 0) is 40.2 Å². The van der Waals surface area contributed by atoms with Crippen molar-refractivity contribution in [1.29, 1.82) is 0 Å². The highest BCUT2D eigenvalue weighted by atomic mass is 16.7. The maximum atomic E-state index is 13.3. The van der Waals surface area contributed by atoms with E-state index in [2.05, 4.69) is 0 Å². The Kier molecular flexibility index (Phi) is 29.6. The number of carbonyl (C=O) groups excluding carboxylic acids is 3. The average molecular weight is 1110 g/mol. The van der Waals surface area contributed by atoms with Crippen molar-refractivity contribution in [3.8, 4) is 0 Å². The molecular formula is C55H87NO22. The number of Topliss-reactive ketones (excluding diaryl/α,β-unsaturated/α-hetero) is 1. The lowest BCUT2D eigenvalue weighted by molar-refractivity contribution is -0.312. The number of fused-ring (bicyclic) bond motifs is 2. The molecular weight excluding hydrogens is 1030 g/mol. The summed E-state index contributed by atoms with van der Waals surface area (Å²) in [5.41, 5.74) is 0. The first kappa shape index (κ1) is 68.3. The van der Waals surface area contributed by atoms with Gasteiger partial charge in [0.05, 0.1) is 99.9 Å². The van der Waals surface area contributed by atoms with E-state index in [0.29, 0.717) is 0 Å². The van der Waals surface area contributed by atoms with Gasteiger partial charge >= 0.3 is 11.9 Å². The predicted molar refractivity (Wildman–Crippen MR) is 280 cm³/mol. The van der Waals surface area contributed by atoms with Crippen LogP contribution in [0.1, 0.15) is 79.1 Å². The van der Waals surface area contributed by atoms with Crippen LogP contribution < -0.4 is 0 Å². The molecule has 0 aromatic carbocycles. The van der Waals surface area contributed by atoms with Crippen LogP contribution in [-0.2, 0) is 38.1 Å². The third-order valence-electron chi connectivity index (χ3n) is 14.3. The highest BCUT2D eigenvalue weighted by Gasteiger charge is 2.52. The van der Waals surface area contributed by atoms with Crippen molar-refractivity contribution in [3.63, 3.8) is 0 Å². The number of cyclic esters (lactones) is 1. The molecule has 0 spiro atoms. The van der Waals surface area contributed by atoms with Gasteiger partial charge in [0, 0.05) is 37.5 Å².